The maximum absolute atomic E-state index is 14.6. The second-order valence-electron chi connectivity index (χ2n) is 9.46. The fraction of sp³-hybridized carbons (Fsp3) is 0.296. The van der Waals surface area contributed by atoms with Crippen LogP contribution >= 0.6 is 0 Å². The zero-order valence-corrected chi connectivity index (χ0v) is 21.6. The standard InChI is InChI=1S/C27H24F7N5O3/c28-20-15-18(6-9-21(20)36-24(41)37-22-3-1-2-10-35-22)23(40)39-13-11-38(12-14-39)16-17-4-7-19(8-5-17)25(42,26(29,30)31)27(32,33)34/h1-10,15,42H,11-14,16H2,(H2,35,36,37,41). The SMILES string of the molecule is O=C(Nc1ccccn1)Nc1ccc(C(=O)N2CCN(Cc3ccc(C(O)(C(F)(F)F)C(F)(F)F)cc3)CC2)cc1F. The van der Waals surface area contributed by atoms with Crippen molar-refractivity contribution in [1.82, 2.24) is 14.8 Å². The normalized spacial score (nSPS) is 14.9. The number of pyridine rings is 1. The molecule has 2 aromatic carbocycles. The minimum absolute atomic E-state index is 0.0500. The van der Waals surface area contributed by atoms with E-state index in [9.17, 15) is 45.4 Å². The number of anilines is 2. The topological polar surface area (TPSA) is 97.8 Å². The number of rotatable bonds is 6. The minimum atomic E-state index is -5.97. The van der Waals surface area contributed by atoms with Crippen molar-refractivity contribution in [3.63, 3.8) is 0 Å². The number of hydrogen-bond acceptors (Lipinski definition) is 5. The van der Waals surface area contributed by atoms with Gasteiger partial charge in [-0.1, -0.05) is 30.3 Å². The summed E-state index contributed by atoms with van der Waals surface area (Å²) in [5, 5.41) is 14.3. The Morgan fingerprint density at radius 1 is 0.857 bits per heavy atom. The largest absolute Gasteiger partial charge is 0.430 e. The first-order chi connectivity index (χ1) is 19.7. The van der Waals surface area contributed by atoms with Crippen molar-refractivity contribution in [1.29, 1.82) is 0 Å². The molecule has 42 heavy (non-hydrogen) atoms. The van der Waals surface area contributed by atoms with E-state index in [4.69, 9.17) is 0 Å². The number of urea groups is 1. The van der Waals surface area contributed by atoms with Crippen molar-refractivity contribution in [2.24, 2.45) is 0 Å². The molecule has 224 valence electrons. The molecule has 3 amide bonds. The van der Waals surface area contributed by atoms with E-state index in [0.29, 0.717) is 30.8 Å². The van der Waals surface area contributed by atoms with Gasteiger partial charge in [0, 0.05) is 50.0 Å². The lowest BCUT2D eigenvalue weighted by Gasteiger charge is -2.35. The molecular formula is C27H24F7N5O3. The second-order valence-corrected chi connectivity index (χ2v) is 9.46. The van der Waals surface area contributed by atoms with Crippen LogP contribution < -0.4 is 10.6 Å². The van der Waals surface area contributed by atoms with Gasteiger partial charge in [0.15, 0.2) is 0 Å². The van der Waals surface area contributed by atoms with E-state index in [1.54, 1.807) is 18.2 Å². The molecule has 3 aromatic rings. The van der Waals surface area contributed by atoms with E-state index < -0.39 is 41.3 Å². The van der Waals surface area contributed by atoms with Crippen LogP contribution in [0.5, 0.6) is 0 Å². The van der Waals surface area contributed by atoms with Crippen LogP contribution in [0.3, 0.4) is 0 Å². The predicted octanol–water partition coefficient (Wildman–Crippen LogP) is 5.13. The summed E-state index contributed by atoms with van der Waals surface area (Å²) in [6.45, 7) is 1.30. The van der Waals surface area contributed by atoms with E-state index in [1.165, 1.54) is 23.2 Å². The van der Waals surface area contributed by atoms with Crippen LogP contribution in [0.2, 0.25) is 0 Å². The average molecular weight is 600 g/mol. The minimum Gasteiger partial charge on any atom is -0.369 e. The molecule has 3 N–H and O–H groups in total. The summed E-state index contributed by atoms with van der Waals surface area (Å²) < 4.78 is 93.2. The first kappa shape index (κ1) is 30.7. The third-order valence-corrected chi connectivity index (χ3v) is 6.63. The number of alkyl halides is 6. The highest BCUT2D eigenvalue weighted by molar-refractivity contribution is 6.00. The van der Waals surface area contributed by atoms with Crippen LogP contribution in [-0.4, -0.2) is 70.4 Å². The summed E-state index contributed by atoms with van der Waals surface area (Å²) in [7, 11) is 0. The van der Waals surface area contributed by atoms with Gasteiger partial charge in [0.2, 0.25) is 0 Å². The van der Waals surface area contributed by atoms with Crippen molar-refractivity contribution in [3.05, 3.63) is 89.4 Å². The molecule has 1 fully saturated rings. The number of carbonyl (C=O) groups is 2. The smallest absolute Gasteiger partial charge is 0.369 e. The van der Waals surface area contributed by atoms with Gasteiger partial charge in [-0.05, 0) is 35.9 Å². The first-order valence-corrected chi connectivity index (χ1v) is 12.4. The van der Waals surface area contributed by atoms with Crippen LogP contribution in [-0.2, 0) is 12.1 Å². The molecule has 0 spiro atoms. The van der Waals surface area contributed by atoms with Gasteiger partial charge in [0.1, 0.15) is 11.6 Å². The quantitative estimate of drug-likeness (QED) is 0.342. The monoisotopic (exact) mass is 599 g/mol. The van der Waals surface area contributed by atoms with Crippen molar-refractivity contribution >= 4 is 23.4 Å². The lowest BCUT2D eigenvalue weighted by atomic mass is 9.91. The average Bonchev–Trinajstić information content (AvgIpc) is 2.93. The highest BCUT2D eigenvalue weighted by Gasteiger charge is 2.71. The molecule has 0 saturated carbocycles. The zero-order chi connectivity index (χ0) is 30.7. The lowest BCUT2D eigenvalue weighted by Crippen LogP contribution is -2.53. The van der Waals surface area contributed by atoms with E-state index in [-0.39, 0.29) is 36.7 Å². The molecule has 0 bridgehead atoms. The van der Waals surface area contributed by atoms with Gasteiger partial charge in [-0.15, -0.1) is 0 Å². The van der Waals surface area contributed by atoms with E-state index in [0.717, 1.165) is 18.2 Å². The van der Waals surface area contributed by atoms with E-state index in [2.05, 4.69) is 15.6 Å². The molecule has 0 atom stereocenters. The summed E-state index contributed by atoms with van der Waals surface area (Å²) >= 11 is 0. The van der Waals surface area contributed by atoms with Crippen molar-refractivity contribution < 1.29 is 45.4 Å². The number of amides is 3. The third kappa shape index (κ3) is 6.62. The Bertz CT molecular complexity index is 1390. The van der Waals surface area contributed by atoms with Crippen molar-refractivity contribution in [2.75, 3.05) is 36.8 Å². The highest BCUT2D eigenvalue weighted by atomic mass is 19.4. The van der Waals surface area contributed by atoms with E-state index in [1.807, 2.05) is 4.90 Å². The fourth-order valence-corrected chi connectivity index (χ4v) is 4.35. The Morgan fingerprint density at radius 3 is 2.05 bits per heavy atom. The molecular weight excluding hydrogens is 575 g/mol. The summed E-state index contributed by atoms with van der Waals surface area (Å²) in [4.78, 5) is 32.2. The number of halogens is 7. The molecule has 1 aliphatic rings. The Balaban J connectivity index is 1.32. The van der Waals surface area contributed by atoms with Gasteiger partial charge in [-0.2, -0.15) is 26.3 Å². The number of aromatic nitrogens is 1. The van der Waals surface area contributed by atoms with Crippen LogP contribution in [0.1, 0.15) is 21.5 Å². The number of nitrogens with one attached hydrogen (secondary N) is 2. The number of benzene rings is 2. The zero-order valence-electron chi connectivity index (χ0n) is 21.6. The third-order valence-electron chi connectivity index (χ3n) is 6.63. The fourth-order valence-electron chi connectivity index (χ4n) is 4.35. The van der Waals surface area contributed by atoms with Crippen LogP contribution in [0, 0.1) is 5.82 Å². The molecule has 4 rings (SSSR count). The summed E-state index contributed by atoms with van der Waals surface area (Å²) in [6, 6.07) is 11.1. The summed E-state index contributed by atoms with van der Waals surface area (Å²) in [5.41, 5.74) is -6.04. The Morgan fingerprint density at radius 2 is 1.50 bits per heavy atom. The molecule has 8 nitrogen and oxygen atoms in total. The van der Waals surface area contributed by atoms with Crippen molar-refractivity contribution in [3.8, 4) is 0 Å². The van der Waals surface area contributed by atoms with Gasteiger partial charge >= 0.3 is 18.4 Å². The van der Waals surface area contributed by atoms with Gasteiger partial charge in [-0.3, -0.25) is 15.0 Å². The number of piperazine rings is 1. The Hall–Kier alpha value is -4.24. The Labute approximate surface area is 234 Å². The molecule has 15 heteroatoms. The summed E-state index contributed by atoms with van der Waals surface area (Å²) in [5.74, 6) is -1.03. The van der Waals surface area contributed by atoms with Crippen LogP contribution in [0.4, 0.5) is 47.0 Å². The van der Waals surface area contributed by atoms with Crippen LogP contribution in [0.15, 0.2) is 66.9 Å². The number of aliphatic hydroxyl groups is 1. The molecule has 1 aliphatic heterocycles. The maximum Gasteiger partial charge on any atom is 0.430 e. The highest BCUT2D eigenvalue weighted by Crippen LogP contribution is 2.50. The van der Waals surface area contributed by atoms with Gasteiger partial charge in [0.05, 0.1) is 5.69 Å². The van der Waals surface area contributed by atoms with E-state index >= 15 is 0 Å². The molecule has 1 aromatic heterocycles. The Kier molecular flexibility index (Phi) is 8.73. The molecule has 0 radical (unpaired) electrons. The molecule has 0 aliphatic carbocycles. The lowest BCUT2D eigenvalue weighted by molar-refractivity contribution is -0.376. The van der Waals surface area contributed by atoms with Gasteiger partial charge < -0.3 is 15.3 Å². The van der Waals surface area contributed by atoms with Gasteiger partial charge in [-0.25, -0.2) is 14.2 Å². The second kappa shape index (κ2) is 11.9. The van der Waals surface area contributed by atoms with Gasteiger partial charge in [0.25, 0.3) is 11.5 Å². The predicted molar refractivity (Wildman–Crippen MR) is 137 cm³/mol. The summed E-state index contributed by atoms with van der Waals surface area (Å²) in [6.07, 6.45) is -10.5. The molecule has 0 unspecified atom stereocenters. The van der Waals surface area contributed by atoms with Crippen molar-refractivity contribution in [2.45, 2.75) is 24.5 Å². The van der Waals surface area contributed by atoms with Crippen LogP contribution in [0.25, 0.3) is 0 Å². The number of hydrogen-bond donors (Lipinski definition) is 3. The molecule has 2 heterocycles. The maximum atomic E-state index is 14.6. The number of nitrogens with zero attached hydrogens (tertiary/aromatic N) is 3. The molecule has 1 saturated heterocycles. The number of carbonyl (C=O) groups excluding carboxylic acids is 2. The first-order valence-electron chi connectivity index (χ1n) is 12.4.